The van der Waals surface area contributed by atoms with Crippen molar-refractivity contribution in [3.05, 3.63) is 35.5 Å². The standard InChI is InChI=1S/C9H7F3O/c10-9(11,12)8-3-1-2-7(6-13)4-5-8/h1-2,4-6H,3H2. The van der Waals surface area contributed by atoms with Gasteiger partial charge in [0.1, 0.15) is 6.29 Å². The van der Waals surface area contributed by atoms with Crippen molar-refractivity contribution in [1.29, 1.82) is 0 Å². The molecule has 1 aliphatic carbocycles. The number of aldehydes is 1. The van der Waals surface area contributed by atoms with Crippen LogP contribution in [0.3, 0.4) is 0 Å². The number of hydrogen-bond acceptors (Lipinski definition) is 1. The number of carbonyl (C=O) groups excluding carboxylic acids is 1. The lowest BCUT2D eigenvalue weighted by atomic mass is 10.2. The molecule has 0 N–H and O–H groups in total. The van der Waals surface area contributed by atoms with Crippen molar-refractivity contribution in [2.24, 2.45) is 0 Å². The van der Waals surface area contributed by atoms with Gasteiger partial charge in [0.15, 0.2) is 0 Å². The minimum absolute atomic E-state index is 0.183. The third-order valence-electron chi connectivity index (χ3n) is 1.63. The largest absolute Gasteiger partial charge is 0.412 e. The maximum Gasteiger partial charge on any atom is 0.412 e. The molecule has 0 saturated carbocycles. The Hall–Kier alpha value is -1.32. The highest BCUT2D eigenvalue weighted by atomic mass is 19.4. The smallest absolute Gasteiger partial charge is 0.298 e. The monoisotopic (exact) mass is 188 g/mol. The van der Waals surface area contributed by atoms with Crippen molar-refractivity contribution in [3.63, 3.8) is 0 Å². The average molecular weight is 188 g/mol. The predicted octanol–water partition coefficient (Wildman–Crippen LogP) is 2.56. The minimum atomic E-state index is -4.31. The predicted molar refractivity (Wildman–Crippen MR) is 42.0 cm³/mol. The number of alkyl halides is 3. The maximum absolute atomic E-state index is 12.1. The Balaban J connectivity index is 2.93. The summed E-state index contributed by atoms with van der Waals surface area (Å²) >= 11 is 0. The van der Waals surface area contributed by atoms with Crippen LogP contribution in [0.2, 0.25) is 0 Å². The molecule has 0 fully saturated rings. The van der Waals surface area contributed by atoms with E-state index in [9.17, 15) is 18.0 Å². The van der Waals surface area contributed by atoms with Gasteiger partial charge in [-0.2, -0.15) is 13.2 Å². The van der Waals surface area contributed by atoms with E-state index in [1.165, 1.54) is 18.2 Å². The zero-order valence-corrected chi connectivity index (χ0v) is 6.64. The second kappa shape index (κ2) is 3.60. The lowest BCUT2D eigenvalue weighted by Crippen LogP contribution is -2.10. The van der Waals surface area contributed by atoms with Gasteiger partial charge < -0.3 is 0 Å². The lowest BCUT2D eigenvalue weighted by molar-refractivity contribution is -0.104. The van der Waals surface area contributed by atoms with Gasteiger partial charge in [0.05, 0.1) is 0 Å². The number of allylic oxidation sites excluding steroid dienone is 6. The Kier molecular flexibility index (Phi) is 2.70. The first-order valence-electron chi connectivity index (χ1n) is 3.64. The van der Waals surface area contributed by atoms with Crippen LogP contribution < -0.4 is 0 Å². The van der Waals surface area contributed by atoms with Crippen LogP contribution >= 0.6 is 0 Å². The second-order valence-corrected chi connectivity index (χ2v) is 2.58. The molecular weight excluding hydrogens is 181 g/mol. The number of rotatable bonds is 1. The van der Waals surface area contributed by atoms with Gasteiger partial charge in [-0.3, -0.25) is 4.79 Å². The number of halogens is 3. The maximum atomic E-state index is 12.1. The summed E-state index contributed by atoms with van der Waals surface area (Å²) in [7, 11) is 0. The first-order valence-corrected chi connectivity index (χ1v) is 3.64. The van der Waals surface area contributed by atoms with Crippen molar-refractivity contribution in [3.8, 4) is 0 Å². The van der Waals surface area contributed by atoms with Crippen molar-refractivity contribution >= 4 is 6.29 Å². The van der Waals surface area contributed by atoms with E-state index in [4.69, 9.17) is 0 Å². The highest BCUT2D eigenvalue weighted by Gasteiger charge is 2.32. The molecule has 0 aromatic rings. The molecule has 1 rings (SSSR count). The molecule has 0 spiro atoms. The molecule has 0 bridgehead atoms. The van der Waals surface area contributed by atoms with Crippen LogP contribution in [0.25, 0.3) is 0 Å². The summed E-state index contributed by atoms with van der Waals surface area (Å²) in [4.78, 5) is 10.2. The first-order chi connectivity index (χ1) is 6.04. The molecule has 70 valence electrons. The van der Waals surface area contributed by atoms with Gasteiger partial charge in [0.25, 0.3) is 0 Å². The Morgan fingerprint density at radius 2 is 2.00 bits per heavy atom. The van der Waals surface area contributed by atoms with E-state index in [-0.39, 0.29) is 12.0 Å². The molecular formula is C9H7F3O. The van der Waals surface area contributed by atoms with Crippen LogP contribution in [0.15, 0.2) is 35.5 Å². The summed E-state index contributed by atoms with van der Waals surface area (Å²) in [5.41, 5.74) is -0.389. The Bertz CT molecular complexity index is 294. The zero-order valence-electron chi connectivity index (χ0n) is 6.64. The molecule has 0 unspecified atom stereocenters. The van der Waals surface area contributed by atoms with E-state index in [1.54, 1.807) is 0 Å². The summed E-state index contributed by atoms with van der Waals surface area (Å²) in [5.74, 6) is 0. The quantitative estimate of drug-likeness (QED) is 0.578. The minimum Gasteiger partial charge on any atom is -0.298 e. The van der Waals surface area contributed by atoms with Crippen LogP contribution in [-0.4, -0.2) is 12.5 Å². The van der Waals surface area contributed by atoms with Gasteiger partial charge in [-0.15, -0.1) is 0 Å². The molecule has 13 heavy (non-hydrogen) atoms. The van der Waals surface area contributed by atoms with E-state index < -0.39 is 11.7 Å². The zero-order chi connectivity index (χ0) is 9.90. The van der Waals surface area contributed by atoms with Gasteiger partial charge in [-0.1, -0.05) is 24.3 Å². The molecule has 0 aliphatic heterocycles. The highest BCUT2D eigenvalue weighted by Crippen LogP contribution is 2.29. The summed E-state index contributed by atoms with van der Waals surface area (Å²) in [5, 5.41) is 0. The Morgan fingerprint density at radius 1 is 1.31 bits per heavy atom. The molecule has 0 saturated heterocycles. The molecule has 0 amide bonds. The second-order valence-electron chi connectivity index (χ2n) is 2.58. The Morgan fingerprint density at radius 3 is 2.54 bits per heavy atom. The van der Waals surface area contributed by atoms with Crippen LogP contribution in [0.5, 0.6) is 0 Å². The van der Waals surface area contributed by atoms with E-state index >= 15 is 0 Å². The van der Waals surface area contributed by atoms with Crippen molar-refractivity contribution < 1.29 is 18.0 Å². The van der Waals surface area contributed by atoms with Crippen molar-refractivity contribution in [2.45, 2.75) is 12.6 Å². The fourth-order valence-electron chi connectivity index (χ4n) is 0.931. The lowest BCUT2D eigenvalue weighted by Gasteiger charge is -2.07. The van der Waals surface area contributed by atoms with Gasteiger partial charge in [-0.25, -0.2) is 0 Å². The average Bonchev–Trinajstić information content (AvgIpc) is 2.26. The van der Waals surface area contributed by atoms with Crippen molar-refractivity contribution in [1.82, 2.24) is 0 Å². The molecule has 4 heteroatoms. The fraction of sp³-hybridized carbons (Fsp3) is 0.222. The summed E-state index contributed by atoms with van der Waals surface area (Å²) in [6.07, 6.45) is 0.834. The Labute approximate surface area is 73.2 Å². The topological polar surface area (TPSA) is 17.1 Å². The van der Waals surface area contributed by atoms with E-state index in [1.807, 2.05) is 0 Å². The van der Waals surface area contributed by atoms with Crippen LogP contribution in [0, 0.1) is 0 Å². The fourth-order valence-corrected chi connectivity index (χ4v) is 0.931. The molecule has 0 aromatic heterocycles. The van der Waals surface area contributed by atoms with Crippen LogP contribution in [0.1, 0.15) is 6.42 Å². The number of hydrogen-bond donors (Lipinski definition) is 0. The van der Waals surface area contributed by atoms with Crippen LogP contribution in [0.4, 0.5) is 13.2 Å². The van der Waals surface area contributed by atoms with Crippen LogP contribution in [-0.2, 0) is 4.79 Å². The SMILES string of the molecule is O=CC1=CC=C(C(F)(F)F)CC=C1. The molecule has 0 aromatic carbocycles. The summed E-state index contributed by atoms with van der Waals surface area (Å²) in [6.45, 7) is 0. The van der Waals surface area contributed by atoms with Gasteiger partial charge in [0.2, 0.25) is 0 Å². The highest BCUT2D eigenvalue weighted by molar-refractivity contribution is 5.78. The first kappa shape index (κ1) is 9.77. The van der Waals surface area contributed by atoms with Gasteiger partial charge in [0, 0.05) is 11.1 Å². The molecule has 1 nitrogen and oxygen atoms in total. The summed E-state index contributed by atoms with van der Waals surface area (Å²) in [6, 6.07) is 0. The number of carbonyl (C=O) groups is 1. The van der Waals surface area contributed by atoms with E-state index in [0.29, 0.717) is 6.29 Å². The molecule has 0 radical (unpaired) electrons. The normalized spacial score (nSPS) is 17.5. The van der Waals surface area contributed by atoms with Gasteiger partial charge >= 0.3 is 6.18 Å². The third-order valence-corrected chi connectivity index (χ3v) is 1.63. The van der Waals surface area contributed by atoms with E-state index in [2.05, 4.69) is 0 Å². The molecule has 0 atom stereocenters. The van der Waals surface area contributed by atoms with E-state index in [0.717, 1.165) is 6.08 Å². The van der Waals surface area contributed by atoms with Crippen molar-refractivity contribution in [2.75, 3.05) is 0 Å². The third kappa shape index (κ3) is 2.57. The molecule has 1 aliphatic rings. The summed E-state index contributed by atoms with van der Waals surface area (Å²) < 4.78 is 36.4. The molecule has 0 heterocycles. The van der Waals surface area contributed by atoms with Gasteiger partial charge in [-0.05, 0) is 6.42 Å².